The van der Waals surface area contributed by atoms with E-state index in [0.29, 0.717) is 0 Å². The monoisotopic (exact) mass is 270 g/mol. The van der Waals surface area contributed by atoms with Gasteiger partial charge in [0.25, 0.3) is 0 Å². The fourth-order valence-electron chi connectivity index (χ4n) is 2.40. The molecule has 0 heterocycles. The lowest BCUT2D eigenvalue weighted by Gasteiger charge is -2.17. The molecule has 2 aromatic carbocycles. The summed E-state index contributed by atoms with van der Waals surface area (Å²) in [6.07, 6.45) is 2.33. The van der Waals surface area contributed by atoms with Crippen molar-refractivity contribution in [1.82, 2.24) is 10.2 Å². The van der Waals surface area contributed by atoms with Crippen LogP contribution < -0.4 is 5.32 Å². The minimum atomic E-state index is 1.09. The summed E-state index contributed by atoms with van der Waals surface area (Å²) in [7, 11) is 2.20. The van der Waals surface area contributed by atoms with Gasteiger partial charge in [-0.15, -0.1) is 0 Å². The minimum Gasteiger partial charge on any atom is -0.315 e. The van der Waals surface area contributed by atoms with E-state index in [2.05, 4.69) is 66.7 Å². The van der Waals surface area contributed by atoms with Gasteiger partial charge in [0, 0.05) is 19.6 Å². The summed E-state index contributed by atoms with van der Waals surface area (Å²) in [5.74, 6) is 0. The van der Waals surface area contributed by atoms with Gasteiger partial charge in [-0.25, -0.2) is 0 Å². The Hall–Kier alpha value is -1.38. The van der Waals surface area contributed by atoms with Gasteiger partial charge in [-0.3, -0.25) is 0 Å². The Kier molecular flexibility index (Phi) is 6.03. The molecule has 0 aliphatic rings. The quantitative estimate of drug-likeness (QED) is 0.740. The van der Waals surface area contributed by atoms with E-state index in [-0.39, 0.29) is 0 Å². The maximum atomic E-state index is 3.45. The van der Waals surface area contributed by atoms with Crippen LogP contribution in [0, 0.1) is 0 Å². The molecule has 20 heavy (non-hydrogen) atoms. The Morgan fingerprint density at radius 1 is 0.950 bits per heavy atom. The fraction of sp³-hybridized carbons (Fsp3) is 0.444. The smallest absolute Gasteiger partial charge is 0.0104 e. The van der Waals surface area contributed by atoms with E-state index in [1.165, 1.54) is 22.8 Å². The van der Waals surface area contributed by atoms with Crippen LogP contribution in [0.4, 0.5) is 0 Å². The molecule has 1 N–H and O–H groups in total. The number of rotatable bonds is 8. The molecule has 0 fully saturated rings. The molecule has 0 bridgehead atoms. The van der Waals surface area contributed by atoms with Gasteiger partial charge < -0.3 is 10.2 Å². The molecule has 0 atom stereocenters. The number of nitrogens with zero attached hydrogens (tertiary/aromatic N) is 1. The van der Waals surface area contributed by atoms with E-state index >= 15 is 0 Å². The van der Waals surface area contributed by atoms with Crippen molar-refractivity contribution in [2.75, 3.05) is 33.2 Å². The van der Waals surface area contributed by atoms with Crippen LogP contribution in [0.2, 0.25) is 0 Å². The second-order valence-corrected chi connectivity index (χ2v) is 5.48. The first-order chi connectivity index (χ1) is 9.79. The van der Waals surface area contributed by atoms with Crippen LogP contribution in [-0.4, -0.2) is 38.1 Å². The van der Waals surface area contributed by atoms with Crippen LogP contribution in [0.15, 0.2) is 42.5 Å². The SMILES string of the molecule is CCCNCCN(C)CCc1ccc2ccccc2c1. The topological polar surface area (TPSA) is 15.3 Å². The van der Waals surface area contributed by atoms with E-state index in [1.807, 2.05) is 0 Å². The summed E-state index contributed by atoms with van der Waals surface area (Å²) in [6.45, 7) is 6.65. The molecule has 2 rings (SSSR count). The van der Waals surface area contributed by atoms with Crippen LogP contribution in [0.25, 0.3) is 10.8 Å². The van der Waals surface area contributed by atoms with Gasteiger partial charge in [-0.05, 0) is 42.8 Å². The second kappa shape index (κ2) is 8.03. The predicted octanol–water partition coefficient (Wildman–Crippen LogP) is 3.31. The first-order valence-electron chi connectivity index (χ1n) is 7.66. The highest BCUT2D eigenvalue weighted by Crippen LogP contribution is 2.15. The van der Waals surface area contributed by atoms with Gasteiger partial charge in [0.15, 0.2) is 0 Å². The molecule has 0 radical (unpaired) electrons. The van der Waals surface area contributed by atoms with Crippen LogP contribution in [-0.2, 0) is 6.42 Å². The van der Waals surface area contributed by atoms with Gasteiger partial charge in [0.1, 0.15) is 0 Å². The molecule has 0 aromatic heterocycles. The molecule has 0 saturated carbocycles. The summed E-state index contributed by atoms with van der Waals surface area (Å²) < 4.78 is 0. The third-order valence-corrected chi connectivity index (χ3v) is 3.69. The third kappa shape index (κ3) is 4.62. The first kappa shape index (κ1) is 15.0. The van der Waals surface area contributed by atoms with Crippen LogP contribution in [0.1, 0.15) is 18.9 Å². The summed E-state index contributed by atoms with van der Waals surface area (Å²) >= 11 is 0. The van der Waals surface area contributed by atoms with Crippen molar-refractivity contribution >= 4 is 10.8 Å². The van der Waals surface area contributed by atoms with E-state index < -0.39 is 0 Å². The summed E-state index contributed by atoms with van der Waals surface area (Å²) in [6, 6.07) is 15.4. The molecule has 2 aromatic rings. The van der Waals surface area contributed by atoms with E-state index in [4.69, 9.17) is 0 Å². The normalized spacial score (nSPS) is 11.3. The maximum Gasteiger partial charge on any atom is 0.0104 e. The van der Waals surface area contributed by atoms with Gasteiger partial charge in [-0.2, -0.15) is 0 Å². The Bertz CT molecular complexity index is 522. The highest BCUT2D eigenvalue weighted by Gasteiger charge is 2.00. The minimum absolute atomic E-state index is 1.09. The van der Waals surface area contributed by atoms with E-state index in [1.54, 1.807) is 0 Å². The molecular weight excluding hydrogens is 244 g/mol. The lowest BCUT2D eigenvalue weighted by Crippen LogP contribution is -2.30. The molecule has 0 unspecified atom stereocenters. The number of hydrogen-bond acceptors (Lipinski definition) is 2. The molecule has 2 heteroatoms. The molecule has 0 aliphatic heterocycles. The average molecular weight is 270 g/mol. The molecular formula is C18H26N2. The van der Waals surface area contributed by atoms with Gasteiger partial charge in [0.2, 0.25) is 0 Å². The lowest BCUT2D eigenvalue weighted by atomic mass is 10.1. The van der Waals surface area contributed by atoms with Gasteiger partial charge >= 0.3 is 0 Å². The number of nitrogens with one attached hydrogen (secondary N) is 1. The molecule has 108 valence electrons. The van der Waals surface area contributed by atoms with Gasteiger partial charge in [0.05, 0.1) is 0 Å². The largest absolute Gasteiger partial charge is 0.315 e. The van der Waals surface area contributed by atoms with Crippen LogP contribution in [0.5, 0.6) is 0 Å². The van der Waals surface area contributed by atoms with Crippen molar-refractivity contribution in [2.45, 2.75) is 19.8 Å². The van der Waals surface area contributed by atoms with Crippen molar-refractivity contribution in [1.29, 1.82) is 0 Å². The molecule has 0 aliphatic carbocycles. The van der Waals surface area contributed by atoms with Crippen molar-refractivity contribution in [3.8, 4) is 0 Å². The maximum absolute atomic E-state index is 3.45. The van der Waals surface area contributed by atoms with Crippen LogP contribution in [0.3, 0.4) is 0 Å². The molecule has 0 amide bonds. The zero-order valence-corrected chi connectivity index (χ0v) is 12.7. The molecule has 0 saturated heterocycles. The zero-order valence-electron chi connectivity index (χ0n) is 12.7. The van der Waals surface area contributed by atoms with Crippen LogP contribution >= 0.6 is 0 Å². The van der Waals surface area contributed by atoms with Crippen molar-refractivity contribution in [2.24, 2.45) is 0 Å². The Morgan fingerprint density at radius 2 is 1.75 bits per heavy atom. The Morgan fingerprint density at radius 3 is 2.55 bits per heavy atom. The number of benzene rings is 2. The summed E-state index contributed by atoms with van der Waals surface area (Å²) in [5, 5.41) is 6.12. The summed E-state index contributed by atoms with van der Waals surface area (Å²) in [5.41, 5.74) is 1.43. The molecule has 0 spiro atoms. The highest BCUT2D eigenvalue weighted by molar-refractivity contribution is 5.82. The fourth-order valence-corrected chi connectivity index (χ4v) is 2.40. The lowest BCUT2D eigenvalue weighted by molar-refractivity contribution is 0.336. The first-order valence-corrected chi connectivity index (χ1v) is 7.66. The zero-order chi connectivity index (χ0) is 14.2. The van der Waals surface area contributed by atoms with Crippen molar-refractivity contribution in [3.63, 3.8) is 0 Å². The molecule has 2 nitrogen and oxygen atoms in total. The Balaban J connectivity index is 1.80. The Labute approximate surface area is 122 Å². The number of hydrogen-bond donors (Lipinski definition) is 1. The second-order valence-electron chi connectivity index (χ2n) is 5.48. The van der Waals surface area contributed by atoms with E-state index in [0.717, 1.165) is 32.6 Å². The predicted molar refractivity (Wildman–Crippen MR) is 88.3 cm³/mol. The average Bonchev–Trinajstić information content (AvgIpc) is 2.49. The van der Waals surface area contributed by atoms with Gasteiger partial charge in [-0.1, -0.05) is 49.4 Å². The number of likely N-dealkylation sites (N-methyl/N-ethyl adjacent to an activating group) is 1. The van der Waals surface area contributed by atoms with Crippen molar-refractivity contribution < 1.29 is 0 Å². The highest BCUT2D eigenvalue weighted by atomic mass is 15.1. The summed E-state index contributed by atoms with van der Waals surface area (Å²) in [4.78, 5) is 2.40. The van der Waals surface area contributed by atoms with Crippen molar-refractivity contribution in [3.05, 3.63) is 48.0 Å². The third-order valence-electron chi connectivity index (χ3n) is 3.69. The standard InChI is InChI=1S/C18H26N2/c1-3-11-19-12-14-20(2)13-10-16-8-9-17-6-4-5-7-18(17)15-16/h4-9,15,19H,3,10-14H2,1-2H3. The van der Waals surface area contributed by atoms with E-state index in [9.17, 15) is 0 Å². The number of fused-ring (bicyclic) bond motifs is 1.